The summed E-state index contributed by atoms with van der Waals surface area (Å²) in [6.07, 6.45) is 2.76. The lowest BCUT2D eigenvalue weighted by atomic mass is 10.1. The lowest BCUT2D eigenvalue weighted by Gasteiger charge is -2.31. The smallest absolute Gasteiger partial charge is 0.315 e. The predicted octanol–water partition coefficient (Wildman–Crippen LogP) is 1.22. The quantitative estimate of drug-likeness (QED) is 0.873. The minimum atomic E-state index is -3.19. The van der Waals surface area contributed by atoms with Crippen LogP contribution in [0.15, 0.2) is 24.3 Å². The number of rotatable bonds is 4. The number of amides is 2. The maximum Gasteiger partial charge on any atom is 0.315 e. The highest BCUT2D eigenvalue weighted by molar-refractivity contribution is 7.88. The molecular formula is C15H23N3O3S. The van der Waals surface area contributed by atoms with Crippen molar-refractivity contribution in [3.63, 3.8) is 0 Å². The Morgan fingerprint density at radius 2 is 2.00 bits per heavy atom. The molecular weight excluding hydrogens is 302 g/mol. The van der Waals surface area contributed by atoms with E-state index in [9.17, 15) is 13.2 Å². The summed E-state index contributed by atoms with van der Waals surface area (Å²) in [6, 6.07) is 7.55. The number of carbonyl (C=O) groups excluding carboxylic acids is 1. The molecule has 1 aromatic carbocycles. The van der Waals surface area contributed by atoms with E-state index in [4.69, 9.17) is 0 Å². The minimum Gasteiger partial charge on any atom is -0.334 e. The summed E-state index contributed by atoms with van der Waals surface area (Å²) < 4.78 is 24.5. The highest BCUT2D eigenvalue weighted by Crippen LogP contribution is 2.13. The van der Waals surface area contributed by atoms with Crippen LogP contribution in [0.2, 0.25) is 0 Å². The number of sulfonamides is 1. The van der Waals surface area contributed by atoms with Crippen molar-refractivity contribution in [1.82, 2.24) is 14.9 Å². The number of carbonyl (C=O) groups is 1. The number of urea groups is 1. The Morgan fingerprint density at radius 3 is 2.64 bits per heavy atom. The van der Waals surface area contributed by atoms with Crippen molar-refractivity contribution in [2.45, 2.75) is 32.4 Å². The molecule has 0 spiro atoms. The maximum atomic E-state index is 11.9. The van der Waals surface area contributed by atoms with Gasteiger partial charge in [0.1, 0.15) is 0 Å². The zero-order valence-electron chi connectivity index (χ0n) is 13.0. The molecule has 2 N–H and O–H groups in total. The van der Waals surface area contributed by atoms with Gasteiger partial charge in [0, 0.05) is 25.7 Å². The highest BCUT2D eigenvalue weighted by atomic mass is 32.2. The summed E-state index contributed by atoms with van der Waals surface area (Å²) in [7, 11) is -3.19. The lowest BCUT2D eigenvalue weighted by Crippen LogP contribution is -2.51. The molecule has 0 aliphatic carbocycles. The van der Waals surface area contributed by atoms with Gasteiger partial charge in [0.25, 0.3) is 0 Å². The molecule has 0 saturated carbocycles. The van der Waals surface area contributed by atoms with Gasteiger partial charge in [-0.2, -0.15) is 0 Å². The van der Waals surface area contributed by atoms with Gasteiger partial charge in [0.15, 0.2) is 0 Å². The van der Waals surface area contributed by atoms with Crippen LogP contribution < -0.4 is 10.6 Å². The van der Waals surface area contributed by atoms with Crippen molar-refractivity contribution in [1.29, 1.82) is 0 Å². The van der Waals surface area contributed by atoms with Gasteiger partial charge in [-0.3, -0.25) is 0 Å². The first-order valence-electron chi connectivity index (χ1n) is 7.39. The van der Waals surface area contributed by atoms with Crippen LogP contribution in [0.25, 0.3) is 0 Å². The third kappa shape index (κ3) is 4.99. The summed E-state index contributed by atoms with van der Waals surface area (Å²) in [4.78, 5) is 11.9. The van der Waals surface area contributed by atoms with Gasteiger partial charge >= 0.3 is 6.03 Å². The molecule has 1 aliphatic heterocycles. The van der Waals surface area contributed by atoms with E-state index in [-0.39, 0.29) is 12.1 Å². The molecule has 1 atom stereocenters. The van der Waals surface area contributed by atoms with Gasteiger partial charge in [-0.05, 0) is 25.3 Å². The number of hydrogen-bond donors (Lipinski definition) is 2. The first kappa shape index (κ1) is 16.8. The second-order valence-electron chi connectivity index (χ2n) is 5.77. The summed E-state index contributed by atoms with van der Waals surface area (Å²) in [5.74, 6) is 0. The van der Waals surface area contributed by atoms with Crippen molar-refractivity contribution in [2.75, 3.05) is 19.3 Å². The normalized spacial score (nSPS) is 19.6. The van der Waals surface area contributed by atoms with E-state index < -0.39 is 10.0 Å². The average Bonchev–Trinajstić information content (AvgIpc) is 2.46. The topological polar surface area (TPSA) is 78.5 Å². The van der Waals surface area contributed by atoms with Gasteiger partial charge in [0.05, 0.1) is 6.26 Å². The molecule has 0 unspecified atom stereocenters. The van der Waals surface area contributed by atoms with Crippen LogP contribution >= 0.6 is 0 Å². The minimum absolute atomic E-state index is 0.138. The molecule has 122 valence electrons. The Labute approximate surface area is 131 Å². The molecule has 1 heterocycles. The Hall–Kier alpha value is -1.60. The molecule has 0 aromatic heterocycles. The van der Waals surface area contributed by atoms with Crippen LogP contribution in [0.5, 0.6) is 0 Å². The van der Waals surface area contributed by atoms with Crippen LogP contribution in [0, 0.1) is 6.92 Å². The molecule has 1 fully saturated rings. The summed E-state index contributed by atoms with van der Waals surface area (Å²) in [5.41, 5.74) is 2.21. The van der Waals surface area contributed by atoms with Gasteiger partial charge in [-0.25, -0.2) is 17.5 Å². The fraction of sp³-hybridized carbons (Fsp3) is 0.533. The van der Waals surface area contributed by atoms with E-state index in [1.165, 1.54) is 16.1 Å². The Balaban J connectivity index is 1.80. The fourth-order valence-corrected chi connectivity index (χ4v) is 3.40. The van der Waals surface area contributed by atoms with Gasteiger partial charge in [0.2, 0.25) is 10.0 Å². The van der Waals surface area contributed by atoms with Crippen LogP contribution in [0.1, 0.15) is 24.0 Å². The molecule has 0 bridgehead atoms. The molecule has 6 nitrogen and oxygen atoms in total. The van der Waals surface area contributed by atoms with Gasteiger partial charge in [-0.15, -0.1) is 0 Å². The van der Waals surface area contributed by atoms with Crippen LogP contribution in [-0.4, -0.2) is 44.1 Å². The Bertz CT molecular complexity index is 613. The first-order valence-corrected chi connectivity index (χ1v) is 9.24. The van der Waals surface area contributed by atoms with Crippen LogP contribution in [0.4, 0.5) is 4.79 Å². The maximum absolute atomic E-state index is 11.9. The molecule has 22 heavy (non-hydrogen) atoms. The van der Waals surface area contributed by atoms with E-state index in [1.807, 2.05) is 31.2 Å². The zero-order valence-corrected chi connectivity index (χ0v) is 13.8. The monoisotopic (exact) mass is 325 g/mol. The molecule has 1 saturated heterocycles. The molecule has 0 radical (unpaired) electrons. The van der Waals surface area contributed by atoms with E-state index in [0.717, 1.165) is 18.4 Å². The Morgan fingerprint density at radius 1 is 1.32 bits per heavy atom. The number of piperidine rings is 1. The molecule has 2 rings (SSSR count). The summed E-state index contributed by atoms with van der Waals surface area (Å²) in [5, 5.41) is 5.65. The van der Waals surface area contributed by atoms with Crippen molar-refractivity contribution in [3.8, 4) is 0 Å². The molecule has 2 amide bonds. The van der Waals surface area contributed by atoms with Crippen molar-refractivity contribution >= 4 is 16.1 Å². The van der Waals surface area contributed by atoms with E-state index >= 15 is 0 Å². The second kappa shape index (κ2) is 7.11. The third-order valence-electron chi connectivity index (χ3n) is 3.76. The van der Waals surface area contributed by atoms with E-state index in [2.05, 4.69) is 10.6 Å². The molecule has 1 aromatic rings. The number of nitrogens with one attached hydrogen (secondary N) is 2. The number of nitrogens with zero attached hydrogens (tertiary/aromatic N) is 1. The first-order chi connectivity index (χ1) is 10.3. The lowest BCUT2D eigenvalue weighted by molar-refractivity contribution is 0.225. The third-order valence-corrected chi connectivity index (χ3v) is 5.03. The zero-order chi connectivity index (χ0) is 16.2. The fourth-order valence-electron chi connectivity index (χ4n) is 2.49. The van der Waals surface area contributed by atoms with E-state index in [1.54, 1.807) is 0 Å². The van der Waals surface area contributed by atoms with E-state index in [0.29, 0.717) is 19.6 Å². The second-order valence-corrected chi connectivity index (χ2v) is 7.76. The van der Waals surface area contributed by atoms with Gasteiger partial charge in [-0.1, -0.05) is 29.8 Å². The highest BCUT2D eigenvalue weighted by Gasteiger charge is 2.26. The number of hydrogen-bond acceptors (Lipinski definition) is 3. The number of aryl methyl sites for hydroxylation is 1. The molecule has 1 aliphatic rings. The SMILES string of the molecule is Cc1ccc(CNC(=O)N[C@@H]2CCCN(S(C)(=O)=O)C2)cc1. The summed E-state index contributed by atoms with van der Waals surface area (Å²) in [6.45, 7) is 3.34. The number of benzene rings is 1. The van der Waals surface area contributed by atoms with Crippen molar-refractivity contribution < 1.29 is 13.2 Å². The average molecular weight is 325 g/mol. The summed E-state index contributed by atoms with van der Waals surface area (Å²) >= 11 is 0. The largest absolute Gasteiger partial charge is 0.334 e. The van der Waals surface area contributed by atoms with Crippen molar-refractivity contribution in [2.24, 2.45) is 0 Å². The van der Waals surface area contributed by atoms with Crippen LogP contribution in [0.3, 0.4) is 0 Å². The van der Waals surface area contributed by atoms with Gasteiger partial charge < -0.3 is 10.6 Å². The van der Waals surface area contributed by atoms with Crippen LogP contribution in [-0.2, 0) is 16.6 Å². The Kier molecular flexibility index (Phi) is 5.42. The standard InChI is InChI=1S/C15H23N3O3S/c1-12-5-7-13(8-6-12)10-16-15(19)17-14-4-3-9-18(11-14)22(2,20)21/h5-8,14H,3-4,9-11H2,1-2H3,(H2,16,17,19)/t14-/m1/s1. The predicted molar refractivity (Wildman–Crippen MR) is 86.0 cm³/mol. The van der Waals surface area contributed by atoms with Crippen molar-refractivity contribution in [3.05, 3.63) is 35.4 Å². The molecule has 7 heteroatoms.